The van der Waals surface area contributed by atoms with Gasteiger partial charge in [-0.05, 0) is 43.7 Å². The van der Waals surface area contributed by atoms with Crippen LogP contribution in [0.5, 0.6) is 0 Å². The fourth-order valence-electron chi connectivity index (χ4n) is 2.25. The molecule has 1 rings (SSSR count). The van der Waals surface area contributed by atoms with Crippen molar-refractivity contribution >= 4 is 17.2 Å². The van der Waals surface area contributed by atoms with Crippen LogP contribution in [-0.2, 0) is 6.42 Å². The SMILES string of the molecule is CCCC(CCO)CNC(=O)c1cc(C)c(CC)s1. The molecule has 0 aromatic carbocycles. The number of hydrogen-bond acceptors (Lipinski definition) is 3. The van der Waals surface area contributed by atoms with Crippen molar-refractivity contribution in [1.82, 2.24) is 5.32 Å². The molecule has 0 saturated carbocycles. The summed E-state index contributed by atoms with van der Waals surface area (Å²) in [6.07, 6.45) is 3.87. The van der Waals surface area contributed by atoms with E-state index in [1.165, 1.54) is 10.4 Å². The van der Waals surface area contributed by atoms with E-state index in [2.05, 4.69) is 26.1 Å². The Kier molecular flexibility index (Phi) is 7.10. The second-order valence-corrected chi connectivity index (χ2v) is 6.08. The molecule has 108 valence electrons. The molecule has 2 N–H and O–H groups in total. The Bertz CT molecular complexity index is 395. The van der Waals surface area contributed by atoms with Crippen LogP contribution >= 0.6 is 11.3 Å². The van der Waals surface area contributed by atoms with E-state index in [1.807, 2.05) is 6.07 Å². The zero-order valence-corrected chi connectivity index (χ0v) is 13.0. The Morgan fingerprint density at radius 3 is 2.68 bits per heavy atom. The highest BCUT2D eigenvalue weighted by Crippen LogP contribution is 2.22. The standard InChI is InChI=1S/C15H25NO2S/c1-4-6-12(7-8-17)10-16-15(18)14-9-11(3)13(5-2)19-14/h9,12,17H,4-8,10H2,1-3H3,(H,16,18). The van der Waals surface area contributed by atoms with Gasteiger partial charge in [0.1, 0.15) is 0 Å². The third-order valence-electron chi connectivity index (χ3n) is 3.35. The van der Waals surface area contributed by atoms with Gasteiger partial charge < -0.3 is 10.4 Å². The average Bonchev–Trinajstić information content (AvgIpc) is 2.77. The smallest absolute Gasteiger partial charge is 0.261 e. The number of amides is 1. The third-order valence-corrected chi connectivity index (χ3v) is 4.73. The molecule has 0 aliphatic rings. The first-order chi connectivity index (χ1) is 9.12. The summed E-state index contributed by atoms with van der Waals surface area (Å²) < 4.78 is 0. The summed E-state index contributed by atoms with van der Waals surface area (Å²) >= 11 is 1.58. The van der Waals surface area contributed by atoms with Gasteiger partial charge in [-0.3, -0.25) is 4.79 Å². The first-order valence-corrected chi connectivity index (χ1v) is 7.92. The van der Waals surface area contributed by atoms with E-state index in [9.17, 15) is 4.79 Å². The topological polar surface area (TPSA) is 49.3 Å². The molecule has 0 saturated heterocycles. The lowest BCUT2D eigenvalue weighted by Gasteiger charge is -2.15. The quantitative estimate of drug-likeness (QED) is 0.770. The summed E-state index contributed by atoms with van der Waals surface area (Å²) in [5, 5.41) is 12.0. The maximum absolute atomic E-state index is 12.1. The molecule has 1 aromatic rings. The lowest BCUT2D eigenvalue weighted by molar-refractivity contribution is 0.0947. The van der Waals surface area contributed by atoms with Crippen molar-refractivity contribution in [2.45, 2.75) is 46.5 Å². The molecule has 1 atom stereocenters. The van der Waals surface area contributed by atoms with E-state index in [0.29, 0.717) is 12.5 Å². The van der Waals surface area contributed by atoms with E-state index in [-0.39, 0.29) is 12.5 Å². The van der Waals surface area contributed by atoms with Gasteiger partial charge in [-0.1, -0.05) is 20.3 Å². The van der Waals surface area contributed by atoms with Gasteiger partial charge in [0.05, 0.1) is 4.88 Å². The molecule has 3 nitrogen and oxygen atoms in total. The number of carbonyl (C=O) groups is 1. The van der Waals surface area contributed by atoms with Crippen molar-refractivity contribution in [3.8, 4) is 0 Å². The predicted octanol–water partition coefficient (Wildman–Crippen LogP) is 3.15. The minimum Gasteiger partial charge on any atom is -0.396 e. The summed E-state index contributed by atoms with van der Waals surface area (Å²) in [5.74, 6) is 0.400. The number of aliphatic hydroxyl groups is 1. The Morgan fingerprint density at radius 1 is 1.42 bits per heavy atom. The van der Waals surface area contributed by atoms with Crippen molar-refractivity contribution < 1.29 is 9.90 Å². The van der Waals surface area contributed by atoms with Gasteiger partial charge in [0.2, 0.25) is 0 Å². The number of thiophene rings is 1. The Hall–Kier alpha value is -0.870. The van der Waals surface area contributed by atoms with Crippen molar-refractivity contribution in [1.29, 1.82) is 0 Å². The fourth-order valence-corrected chi connectivity index (χ4v) is 3.28. The Labute approximate surface area is 120 Å². The van der Waals surface area contributed by atoms with Crippen molar-refractivity contribution in [2.24, 2.45) is 5.92 Å². The average molecular weight is 283 g/mol. The van der Waals surface area contributed by atoms with Gasteiger partial charge in [-0.2, -0.15) is 0 Å². The van der Waals surface area contributed by atoms with Crippen LogP contribution in [0.25, 0.3) is 0 Å². The van der Waals surface area contributed by atoms with Crippen LogP contribution in [0.15, 0.2) is 6.07 Å². The number of aryl methyl sites for hydroxylation is 2. The van der Waals surface area contributed by atoms with Gasteiger partial charge in [0, 0.05) is 18.0 Å². The Balaban J connectivity index is 2.53. The molecule has 1 heterocycles. The first kappa shape index (κ1) is 16.2. The zero-order chi connectivity index (χ0) is 14.3. The van der Waals surface area contributed by atoms with Crippen LogP contribution in [0.3, 0.4) is 0 Å². The van der Waals surface area contributed by atoms with Gasteiger partial charge in [-0.25, -0.2) is 0 Å². The van der Waals surface area contributed by atoms with Crippen LogP contribution in [0.4, 0.5) is 0 Å². The van der Waals surface area contributed by atoms with Crippen molar-refractivity contribution in [3.63, 3.8) is 0 Å². The highest BCUT2D eigenvalue weighted by atomic mass is 32.1. The highest BCUT2D eigenvalue weighted by molar-refractivity contribution is 7.14. The summed E-state index contributed by atoms with van der Waals surface area (Å²) in [6.45, 7) is 7.14. The molecular formula is C15H25NO2S. The fraction of sp³-hybridized carbons (Fsp3) is 0.667. The van der Waals surface area contributed by atoms with E-state index in [0.717, 1.165) is 30.6 Å². The lowest BCUT2D eigenvalue weighted by atomic mass is 10.0. The molecule has 1 aromatic heterocycles. The molecule has 0 spiro atoms. The number of aliphatic hydroxyl groups excluding tert-OH is 1. The molecule has 1 unspecified atom stereocenters. The second-order valence-electron chi connectivity index (χ2n) is 4.95. The molecule has 0 bridgehead atoms. The third kappa shape index (κ3) is 4.96. The summed E-state index contributed by atoms with van der Waals surface area (Å²) in [4.78, 5) is 14.2. The van der Waals surface area contributed by atoms with Crippen LogP contribution in [0.2, 0.25) is 0 Å². The second kappa shape index (κ2) is 8.33. The van der Waals surface area contributed by atoms with Crippen LogP contribution in [0.1, 0.15) is 53.2 Å². The highest BCUT2D eigenvalue weighted by Gasteiger charge is 2.13. The zero-order valence-electron chi connectivity index (χ0n) is 12.2. The molecular weight excluding hydrogens is 258 g/mol. The van der Waals surface area contributed by atoms with E-state index in [1.54, 1.807) is 11.3 Å². The van der Waals surface area contributed by atoms with E-state index >= 15 is 0 Å². The van der Waals surface area contributed by atoms with Gasteiger partial charge >= 0.3 is 0 Å². The normalized spacial score (nSPS) is 12.4. The molecule has 0 radical (unpaired) electrons. The van der Waals surface area contributed by atoms with Crippen molar-refractivity contribution in [3.05, 3.63) is 21.4 Å². The molecule has 19 heavy (non-hydrogen) atoms. The monoisotopic (exact) mass is 283 g/mol. The first-order valence-electron chi connectivity index (χ1n) is 7.10. The number of rotatable bonds is 8. The van der Waals surface area contributed by atoms with Gasteiger partial charge in [0.15, 0.2) is 0 Å². The molecule has 1 amide bonds. The summed E-state index contributed by atoms with van der Waals surface area (Å²) in [5.41, 5.74) is 1.21. The molecule has 0 aliphatic heterocycles. The number of carbonyl (C=O) groups excluding carboxylic acids is 1. The van der Waals surface area contributed by atoms with Crippen LogP contribution < -0.4 is 5.32 Å². The lowest BCUT2D eigenvalue weighted by Crippen LogP contribution is -2.29. The van der Waals surface area contributed by atoms with Gasteiger partial charge in [-0.15, -0.1) is 11.3 Å². The number of nitrogens with one attached hydrogen (secondary N) is 1. The largest absolute Gasteiger partial charge is 0.396 e. The Morgan fingerprint density at radius 2 is 2.16 bits per heavy atom. The minimum atomic E-state index is 0.0202. The maximum Gasteiger partial charge on any atom is 0.261 e. The van der Waals surface area contributed by atoms with Gasteiger partial charge in [0.25, 0.3) is 5.91 Å². The molecule has 0 aliphatic carbocycles. The van der Waals surface area contributed by atoms with E-state index in [4.69, 9.17) is 5.11 Å². The maximum atomic E-state index is 12.1. The molecule has 4 heteroatoms. The van der Waals surface area contributed by atoms with E-state index < -0.39 is 0 Å². The summed E-state index contributed by atoms with van der Waals surface area (Å²) in [6, 6.07) is 1.97. The number of hydrogen-bond donors (Lipinski definition) is 2. The predicted molar refractivity (Wildman–Crippen MR) is 80.9 cm³/mol. The van der Waals surface area contributed by atoms with Crippen molar-refractivity contribution in [2.75, 3.05) is 13.2 Å². The minimum absolute atomic E-state index is 0.0202. The van der Waals surface area contributed by atoms with Crippen LogP contribution in [-0.4, -0.2) is 24.2 Å². The molecule has 0 fully saturated rings. The van der Waals surface area contributed by atoms with Crippen LogP contribution in [0, 0.1) is 12.8 Å². The summed E-state index contributed by atoms with van der Waals surface area (Å²) in [7, 11) is 0.